The maximum absolute atomic E-state index is 9.74. The van der Waals surface area contributed by atoms with Gasteiger partial charge in [-0.3, -0.25) is 4.57 Å². The summed E-state index contributed by atoms with van der Waals surface area (Å²) in [6.45, 7) is 0. The van der Waals surface area contributed by atoms with E-state index in [1.54, 1.807) is 0 Å². The summed E-state index contributed by atoms with van der Waals surface area (Å²) in [5.41, 5.74) is 5.43. The standard InChI is InChI=1S/C47H32N4Si/c48-33-34-28-29-45-42(30-34)41-26-13-14-27-44(41)51(45)46-32-43(49-47(50-46)35-16-5-1-6-17-35)36-18-15-25-40(31-36)52(37-19-7-2-8-20-37,38-21-9-3-10-22-38)39-23-11-4-12-24-39/h1-32H. The highest BCUT2D eigenvalue weighted by molar-refractivity contribution is 7.19. The minimum Gasteiger partial charge on any atom is -0.294 e. The van der Waals surface area contributed by atoms with Gasteiger partial charge in [-0.25, -0.2) is 9.97 Å². The summed E-state index contributed by atoms with van der Waals surface area (Å²) >= 11 is 0. The van der Waals surface area contributed by atoms with E-state index in [1.165, 1.54) is 20.7 Å². The summed E-state index contributed by atoms with van der Waals surface area (Å²) in [6.07, 6.45) is 0. The minimum absolute atomic E-state index is 0.628. The Bertz CT molecular complexity index is 2640. The van der Waals surface area contributed by atoms with Crippen LogP contribution in [0.5, 0.6) is 0 Å². The Morgan fingerprint density at radius 1 is 0.442 bits per heavy atom. The van der Waals surface area contributed by atoms with Gasteiger partial charge in [0.15, 0.2) is 13.9 Å². The largest absolute Gasteiger partial charge is 0.294 e. The summed E-state index contributed by atoms with van der Waals surface area (Å²) in [5, 5.41) is 17.1. The third kappa shape index (κ3) is 5.22. The zero-order valence-corrected chi connectivity index (χ0v) is 29.3. The smallest absolute Gasteiger partial charge is 0.179 e. The van der Waals surface area contributed by atoms with Crippen molar-refractivity contribution in [2.75, 3.05) is 0 Å². The quantitative estimate of drug-likeness (QED) is 0.126. The van der Waals surface area contributed by atoms with Crippen molar-refractivity contribution in [1.82, 2.24) is 14.5 Å². The predicted octanol–water partition coefficient (Wildman–Crippen LogP) is 8.16. The van der Waals surface area contributed by atoms with Gasteiger partial charge in [0.05, 0.1) is 28.4 Å². The lowest BCUT2D eigenvalue weighted by Gasteiger charge is -2.34. The number of rotatable bonds is 7. The summed E-state index contributed by atoms with van der Waals surface area (Å²) in [4.78, 5) is 10.5. The molecule has 52 heavy (non-hydrogen) atoms. The van der Waals surface area contributed by atoms with Gasteiger partial charge in [0, 0.05) is 28.0 Å². The number of hydrogen-bond acceptors (Lipinski definition) is 3. The fourth-order valence-corrected chi connectivity index (χ4v) is 12.5. The maximum atomic E-state index is 9.74. The van der Waals surface area contributed by atoms with E-state index in [0.29, 0.717) is 11.4 Å². The monoisotopic (exact) mass is 680 g/mol. The van der Waals surface area contributed by atoms with Crippen LogP contribution in [0.3, 0.4) is 0 Å². The first-order chi connectivity index (χ1) is 25.7. The number of aromatic nitrogens is 3. The second-order valence-electron chi connectivity index (χ2n) is 12.9. The number of nitriles is 1. The highest BCUT2D eigenvalue weighted by Crippen LogP contribution is 2.34. The first-order valence-corrected chi connectivity index (χ1v) is 19.4. The molecule has 0 bridgehead atoms. The van der Waals surface area contributed by atoms with Crippen LogP contribution in [0.1, 0.15) is 5.56 Å². The number of hydrogen-bond donors (Lipinski definition) is 0. The van der Waals surface area contributed by atoms with Crippen LogP contribution in [0, 0.1) is 11.3 Å². The lowest BCUT2D eigenvalue weighted by molar-refractivity contribution is 1.05. The van der Waals surface area contributed by atoms with Crippen LogP contribution < -0.4 is 20.7 Å². The third-order valence-corrected chi connectivity index (χ3v) is 14.8. The van der Waals surface area contributed by atoms with Gasteiger partial charge in [-0.15, -0.1) is 0 Å². The molecule has 7 aromatic carbocycles. The molecule has 0 fully saturated rings. The van der Waals surface area contributed by atoms with Gasteiger partial charge < -0.3 is 0 Å². The van der Waals surface area contributed by atoms with E-state index in [0.717, 1.165) is 44.4 Å². The van der Waals surface area contributed by atoms with Gasteiger partial charge in [-0.2, -0.15) is 5.26 Å². The zero-order chi connectivity index (χ0) is 34.9. The molecular weight excluding hydrogens is 649 g/mol. The summed E-state index contributed by atoms with van der Waals surface area (Å²) in [7, 11) is -2.77. The molecule has 244 valence electrons. The SMILES string of the molecule is N#Cc1ccc2c(c1)c1ccccc1n2-c1cc(-c2cccc([Si](c3ccccc3)(c3ccccc3)c3ccccc3)c2)nc(-c2ccccc2)n1. The van der Waals surface area contributed by atoms with Crippen LogP contribution in [-0.2, 0) is 0 Å². The fraction of sp³-hybridized carbons (Fsp3) is 0. The Balaban J connectivity index is 1.32. The Kier molecular flexibility index (Phi) is 7.85. The van der Waals surface area contributed by atoms with E-state index in [-0.39, 0.29) is 0 Å². The molecule has 5 heteroatoms. The fourth-order valence-electron chi connectivity index (χ4n) is 7.68. The molecule has 0 spiro atoms. The third-order valence-electron chi connectivity index (χ3n) is 9.99. The topological polar surface area (TPSA) is 54.5 Å². The molecule has 0 N–H and O–H groups in total. The van der Waals surface area contributed by atoms with Crippen molar-refractivity contribution in [3.63, 3.8) is 0 Å². The minimum atomic E-state index is -2.77. The average Bonchev–Trinajstić information content (AvgIpc) is 3.56. The van der Waals surface area contributed by atoms with E-state index in [9.17, 15) is 5.26 Å². The number of para-hydroxylation sites is 1. The molecule has 2 heterocycles. The van der Waals surface area contributed by atoms with Gasteiger partial charge in [0.1, 0.15) is 5.82 Å². The molecule has 0 aliphatic heterocycles. The molecule has 0 amide bonds. The van der Waals surface area contributed by atoms with Crippen LogP contribution in [-0.4, -0.2) is 22.6 Å². The molecular formula is C47H32N4Si. The van der Waals surface area contributed by atoms with Crippen molar-refractivity contribution in [3.8, 4) is 34.5 Å². The highest BCUT2D eigenvalue weighted by Gasteiger charge is 2.41. The van der Waals surface area contributed by atoms with E-state index in [1.807, 2.05) is 48.5 Å². The van der Waals surface area contributed by atoms with Crippen molar-refractivity contribution < 1.29 is 0 Å². The molecule has 0 aliphatic rings. The highest BCUT2D eigenvalue weighted by atomic mass is 28.3. The first-order valence-electron chi connectivity index (χ1n) is 17.4. The average molecular weight is 681 g/mol. The lowest BCUT2D eigenvalue weighted by Crippen LogP contribution is -2.74. The van der Waals surface area contributed by atoms with Gasteiger partial charge in [-0.1, -0.05) is 164 Å². The van der Waals surface area contributed by atoms with Crippen molar-refractivity contribution in [2.24, 2.45) is 0 Å². The van der Waals surface area contributed by atoms with Gasteiger partial charge in [-0.05, 0) is 45.0 Å². The molecule has 0 aliphatic carbocycles. The van der Waals surface area contributed by atoms with Gasteiger partial charge >= 0.3 is 0 Å². The molecule has 0 saturated carbocycles. The normalized spacial score (nSPS) is 11.4. The van der Waals surface area contributed by atoms with E-state index in [4.69, 9.17) is 9.97 Å². The van der Waals surface area contributed by atoms with Crippen molar-refractivity contribution in [1.29, 1.82) is 5.26 Å². The molecule has 2 aromatic heterocycles. The van der Waals surface area contributed by atoms with Crippen LogP contribution in [0.15, 0.2) is 194 Å². The van der Waals surface area contributed by atoms with Gasteiger partial charge in [0.25, 0.3) is 0 Å². The van der Waals surface area contributed by atoms with Crippen LogP contribution in [0.4, 0.5) is 0 Å². The Morgan fingerprint density at radius 3 is 1.62 bits per heavy atom. The zero-order valence-electron chi connectivity index (χ0n) is 28.3. The second kappa shape index (κ2) is 13.1. The number of nitrogens with zero attached hydrogens (tertiary/aromatic N) is 4. The van der Waals surface area contributed by atoms with E-state index < -0.39 is 8.07 Å². The number of fused-ring (bicyclic) bond motifs is 3. The molecule has 4 nitrogen and oxygen atoms in total. The Labute approximate surface area is 303 Å². The summed E-state index contributed by atoms with van der Waals surface area (Å²) < 4.78 is 2.20. The molecule has 0 saturated heterocycles. The van der Waals surface area contributed by atoms with Crippen LogP contribution in [0.25, 0.3) is 50.3 Å². The molecule has 9 rings (SSSR count). The van der Waals surface area contributed by atoms with Crippen LogP contribution >= 0.6 is 0 Å². The molecule has 0 radical (unpaired) electrons. The van der Waals surface area contributed by atoms with Crippen molar-refractivity contribution in [2.45, 2.75) is 0 Å². The number of benzene rings is 7. The maximum Gasteiger partial charge on any atom is 0.179 e. The van der Waals surface area contributed by atoms with E-state index in [2.05, 4.69) is 156 Å². The van der Waals surface area contributed by atoms with Crippen LogP contribution in [0.2, 0.25) is 0 Å². The Morgan fingerprint density at radius 2 is 0.981 bits per heavy atom. The summed E-state index contributed by atoms with van der Waals surface area (Å²) in [6, 6.07) is 70.7. The summed E-state index contributed by atoms with van der Waals surface area (Å²) in [5.74, 6) is 1.42. The Hall–Kier alpha value is -6.87. The van der Waals surface area contributed by atoms with Crippen molar-refractivity contribution >= 4 is 50.6 Å². The molecule has 0 atom stereocenters. The first kappa shape index (κ1) is 31.1. The van der Waals surface area contributed by atoms with E-state index >= 15 is 0 Å². The predicted molar refractivity (Wildman–Crippen MR) is 216 cm³/mol. The van der Waals surface area contributed by atoms with Gasteiger partial charge in [0.2, 0.25) is 0 Å². The molecule has 0 unspecified atom stereocenters. The lowest BCUT2D eigenvalue weighted by atomic mass is 10.1. The molecule has 9 aromatic rings. The second-order valence-corrected chi connectivity index (χ2v) is 16.7. The van der Waals surface area contributed by atoms with Crippen molar-refractivity contribution in [3.05, 3.63) is 200 Å².